The number of rotatable bonds is 3. The Hall–Kier alpha value is -4.33. The molecule has 8 heteroatoms. The van der Waals surface area contributed by atoms with Crippen LogP contribution in [0.5, 0.6) is 0 Å². The molecule has 0 unspecified atom stereocenters. The molecule has 3 aromatic carbocycles. The van der Waals surface area contributed by atoms with Gasteiger partial charge in [0, 0.05) is 22.0 Å². The summed E-state index contributed by atoms with van der Waals surface area (Å²) in [5.41, 5.74) is 1.03. The van der Waals surface area contributed by atoms with Crippen LogP contribution in [0.1, 0.15) is 38.5 Å². The van der Waals surface area contributed by atoms with Crippen molar-refractivity contribution in [1.29, 1.82) is 0 Å². The molecule has 0 radical (unpaired) electrons. The highest BCUT2D eigenvalue weighted by molar-refractivity contribution is 6.23. The van der Waals surface area contributed by atoms with Crippen molar-refractivity contribution in [2.75, 3.05) is 12.0 Å². The van der Waals surface area contributed by atoms with Gasteiger partial charge in [0.25, 0.3) is 5.54 Å². The smallest absolute Gasteiger partial charge is 0.337 e. The Morgan fingerprint density at radius 2 is 1.47 bits per heavy atom. The van der Waals surface area contributed by atoms with E-state index < -0.39 is 46.0 Å². The molecule has 7 rings (SSSR count). The van der Waals surface area contributed by atoms with Gasteiger partial charge in [0.1, 0.15) is 5.92 Å². The van der Waals surface area contributed by atoms with Crippen LogP contribution in [0.2, 0.25) is 0 Å². The summed E-state index contributed by atoms with van der Waals surface area (Å²) in [6.45, 7) is 0. The average molecular weight is 454 g/mol. The van der Waals surface area contributed by atoms with E-state index in [9.17, 15) is 24.5 Å². The monoisotopic (exact) mass is 454 g/mol. The second-order valence-electron chi connectivity index (χ2n) is 8.73. The normalized spacial score (nSPS) is 26.0. The van der Waals surface area contributed by atoms with Gasteiger partial charge in [-0.25, -0.2) is 9.69 Å². The molecule has 2 atom stereocenters. The summed E-state index contributed by atoms with van der Waals surface area (Å²) in [5.74, 6) is -4.16. The molecule has 0 aromatic heterocycles. The number of benzene rings is 3. The molecule has 168 valence electrons. The maximum absolute atomic E-state index is 13.9. The van der Waals surface area contributed by atoms with Crippen LogP contribution in [0.3, 0.4) is 0 Å². The minimum Gasteiger partial charge on any atom is -0.465 e. The largest absolute Gasteiger partial charge is 0.465 e. The summed E-state index contributed by atoms with van der Waals surface area (Å²) in [6, 6.07) is 20.0. The summed E-state index contributed by atoms with van der Waals surface area (Å²) >= 11 is 0. The van der Waals surface area contributed by atoms with Gasteiger partial charge >= 0.3 is 5.97 Å². The van der Waals surface area contributed by atoms with Crippen LogP contribution in [-0.2, 0) is 19.9 Å². The molecule has 8 nitrogen and oxygen atoms in total. The van der Waals surface area contributed by atoms with Gasteiger partial charge in [-0.15, -0.1) is 0 Å². The van der Waals surface area contributed by atoms with E-state index in [-0.39, 0.29) is 11.3 Å². The van der Waals surface area contributed by atoms with E-state index in [1.165, 1.54) is 31.4 Å². The fourth-order valence-corrected chi connectivity index (χ4v) is 6.16. The molecule has 1 saturated heterocycles. The van der Waals surface area contributed by atoms with Crippen molar-refractivity contribution in [1.82, 2.24) is 0 Å². The number of nitrogens with zero attached hydrogens (tertiary/aromatic N) is 2. The number of hydrogen-bond donors (Lipinski definition) is 0. The zero-order valence-electron chi connectivity index (χ0n) is 18.0. The highest BCUT2D eigenvalue weighted by Gasteiger charge is 2.74. The van der Waals surface area contributed by atoms with Crippen molar-refractivity contribution in [3.63, 3.8) is 0 Å². The number of carbonyl (C=O) groups excluding carboxylic acids is 3. The highest BCUT2D eigenvalue weighted by Crippen LogP contribution is 2.64. The van der Waals surface area contributed by atoms with Crippen LogP contribution in [0.25, 0.3) is 0 Å². The van der Waals surface area contributed by atoms with Gasteiger partial charge in [0.15, 0.2) is 0 Å². The number of nitro groups is 1. The van der Waals surface area contributed by atoms with E-state index >= 15 is 0 Å². The molecule has 0 saturated carbocycles. The van der Waals surface area contributed by atoms with E-state index in [4.69, 9.17) is 4.74 Å². The molecule has 1 aliphatic heterocycles. The highest BCUT2D eigenvalue weighted by atomic mass is 16.6. The van der Waals surface area contributed by atoms with Gasteiger partial charge in [-0.2, -0.15) is 0 Å². The van der Waals surface area contributed by atoms with Gasteiger partial charge < -0.3 is 4.74 Å². The van der Waals surface area contributed by atoms with Crippen LogP contribution < -0.4 is 4.90 Å². The van der Waals surface area contributed by atoms with Gasteiger partial charge in [-0.3, -0.25) is 19.7 Å². The second kappa shape index (κ2) is 6.84. The van der Waals surface area contributed by atoms with Crippen LogP contribution in [-0.4, -0.2) is 29.8 Å². The molecular weight excluding hydrogens is 436 g/mol. The van der Waals surface area contributed by atoms with E-state index in [0.29, 0.717) is 22.3 Å². The summed E-state index contributed by atoms with van der Waals surface area (Å²) in [5, 5.41) is 12.9. The number of amides is 2. The van der Waals surface area contributed by atoms with Gasteiger partial charge in [0.05, 0.1) is 24.3 Å². The van der Waals surface area contributed by atoms with E-state index in [2.05, 4.69) is 0 Å². The number of anilines is 1. The molecule has 2 bridgehead atoms. The zero-order valence-corrected chi connectivity index (χ0v) is 18.0. The lowest BCUT2D eigenvalue weighted by molar-refractivity contribution is -0.578. The Bertz CT molecular complexity index is 1370. The number of hydrogen-bond acceptors (Lipinski definition) is 6. The Morgan fingerprint density at radius 1 is 0.912 bits per heavy atom. The fourth-order valence-electron chi connectivity index (χ4n) is 6.16. The minimum absolute atomic E-state index is 0.267. The van der Waals surface area contributed by atoms with Crippen molar-refractivity contribution in [3.8, 4) is 0 Å². The average Bonchev–Trinajstić information content (AvgIpc) is 3.14. The Morgan fingerprint density at radius 3 is 2.00 bits per heavy atom. The first-order valence-corrected chi connectivity index (χ1v) is 10.8. The number of esters is 1. The predicted octanol–water partition coefficient (Wildman–Crippen LogP) is 3.26. The molecule has 0 N–H and O–H groups in total. The SMILES string of the molecule is COC(=O)c1ccc(N2C(=O)[C@@H]3C4c5ccccc5C([N+](=O)[O-])(c5ccccc54)[C@H]3C2=O)cc1. The standard InChI is InChI=1S/C26H18N2O6/c1-34-25(31)14-10-12-15(13-11-14)27-23(29)21-20-16-6-2-4-8-18(16)26(28(32)33,22(21)24(27)30)19-9-5-3-7-17(19)20/h2-13,20-22H,1H3/t20?,21-,22-,26?/m1/s1. The lowest BCUT2D eigenvalue weighted by Crippen LogP contribution is -2.57. The van der Waals surface area contributed by atoms with Crippen molar-refractivity contribution < 1.29 is 24.0 Å². The number of carbonyl (C=O) groups is 3. The first kappa shape index (κ1) is 20.3. The van der Waals surface area contributed by atoms with Crippen LogP contribution in [0, 0.1) is 22.0 Å². The molecule has 2 amide bonds. The molecule has 3 aliphatic carbocycles. The van der Waals surface area contributed by atoms with Gasteiger partial charge in [-0.1, -0.05) is 48.5 Å². The molecular formula is C26H18N2O6. The summed E-state index contributed by atoms with van der Waals surface area (Å²) in [6.07, 6.45) is 0. The van der Waals surface area contributed by atoms with Crippen molar-refractivity contribution in [2.45, 2.75) is 11.5 Å². The maximum atomic E-state index is 13.9. The minimum atomic E-state index is -1.86. The van der Waals surface area contributed by atoms with Crippen LogP contribution in [0.15, 0.2) is 72.8 Å². The van der Waals surface area contributed by atoms with E-state index in [0.717, 1.165) is 4.90 Å². The molecule has 34 heavy (non-hydrogen) atoms. The fraction of sp³-hybridized carbons (Fsp3) is 0.192. The third-order valence-corrected chi connectivity index (χ3v) is 7.41. The lowest BCUT2D eigenvalue weighted by Gasteiger charge is -2.48. The third-order valence-electron chi connectivity index (χ3n) is 7.41. The molecule has 1 fully saturated rings. The van der Waals surface area contributed by atoms with Gasteiger partial charge in [-0.05, 0) is 35.4 Å². The topological polar surface area (TPSA) is 107 Å². The third kappa shape index (κ3) is 2.24. The first-order chi connectivity index (χ1) is 16.4. The molecule has 0 spiro atoms. The number of ether oxygens (including phenoxy) is 1. The Labute approximate surface area is 193 Å². The summed E-state index contributed by atoms with van der Waals surface area (Å²) in [4.78, 5) is 53.0. The Kier molecular flexibility index (Phi) is 4.08. The van der Waals surface area contributed by atoms with Crippen LogP contribution >= 0.6 is 0 Å². The number of imide groups is 1. The summed E-state index contributed by atoms with van der Waals surface area (Å²) in [7, 11) is 1.26. The number of methoxy groups -OCH3 is 1. The first-order valence-electron chi connectivity index (χ1n) is 10.8. The molecule has 3 aromatic rings. The van der Waals surface area contributed by atoms with Crippen molar-refractivity contribution in [3.05, 3.63) is 111 Å². The predicted molar refractivity (Wildman–Crippen MR) is 120 cm³/mol. The maximum Gasteiger partial charge on any atom is 0.337 e. The van der Waals surface area contributed by atoms with Gasteiger partial charge in [0.2, 0.25) is 11.8 Å². The molecule has 4 aliphatic rings. The zero-order chi connectivity index (χ0) is 23.8. The lowest BCUT2D eigenvalue weighted by atomic mass is 9.51. The van der Waals surface area contributed by atoms with Crippen LogP contribution in [0.4, 0.5) is 5.69 Å². The van der Waals surface area contributed by atoms with Crippen molar-refractivity contribution >= 4 is 23.5 Å². The Balaban J connectivity index is 1.57. The van der Waals surface area contributed by atoms with E-state index in [1.807, 2.05) is 12.1 Å². The molecule has 1 heterocycles. The summed E-state index contributed by atoms with van der Waals surface area (Å²) < 4.78 is 4.71. The second-order valence-corrected chi connectivity index (χ2v) is 8.73. The van der Waals surface area contributed by atoms with E-state index in [1.54, 1.807) is 36.4 Å². The quantitative estimate of drug-likeness (QED) is 0.260. The van der Waals surface area contributed by atoms with Crippen molar-refractivity contribution in [2.24, 2.45) is 11.8 Å².